The topological polar surface area (TPSA) is 58.8 Å². The molecule has 0 saturated carbocycles. The van der Waals surface area contributed by atoms with E-state index in [4.69, 9.17) is 9.15 Å². The number of amides is 1. The summed E-state index contributed by atoms with van der Waals surface area (Å²) in [6.45, 7) is 6.58. The normalized spacial score (nSPS) is 15.5. The van der Waals surface area contributed by atoms with Crippen LogP contribution < -0.4 is 4.74 Å². The zero-order chi connectivity index (χ0) is 19.3. The summed E-state index contributed by atoms with van der Waals surface area (Å²) in [4.78, 5) is 21.5. The van der Waals surface area contributed by atoms with E-state index in [1.54, 1.807) is 6.20 Å². The van der Waals surface area contributed by atoms with Crippen LogP contribution in [-0.2, 0) is 6.54 Å². The number of nitrogens with zero attached hydrogens (tertiary/aromatic N) is 3. The van der Waals surface area contributed by atoms with Gasteiger partial charge in [-0.3, -0.25) is 14.7 Å². The van der Waals surface area contributed by atoms with E-state index in [1.165, 1.54) is 5.56 Å². The van der Waals surface area contributed by atoms with Gasteiger partial charge in [0.25, 0.3) is 5.91 Å². The first kappa shape index (κ1) is 18.5. The first-order valence-electron chi connectivity index (χ1n) is 9.80. The molecule has 0 bridgehead atoms. The molecule has 0 radical (unpaired) electrons. The number of hydrogen-bond acceptors (Lipinski definition) is 5. The zero-order valence-electron chi connectivity index (χ0n) is 16.1. The Labute approximate surface area is 164 Å². The molecule has 0 atom stereocenters. The van der Waals surface area contributed by atoms with Crippen molar-refractivity contribution in [2.75, 3.05) is 32.8 Å². The van der Waals surface area contributed by atoms with Gasteiger partial charge in [0.15, 0.2) is 17.1 Å². The lowest BCUT2D eigenvalue weighted by Gasteiger charge is -2.21. The van der Waals surface area contributed by atoms with E-state index in [-0.39, 0.29) is 5.91 Å². The van der Waals surface area contributed by atoms with Gasteiger partial charge in [0, 0.05) is 50.5 Å². The first-order valence-corrected chi connectivity index (χ1v) is 9.80. The van der Waals surface area contributed by atoms with Gasteiger partial charge in [0.1, 0.15) is 0 Å². The van der Waals surface area contributed by atoms with Crippen molar-refractivity contribution in [3.05, 3.63) is 60.1 Å². The molecule has 6 nitrogen and oxygen atoms in total. The highest BCUT2D eigenvalue weighted by Crippen LogP contribution is 2.29. The van der Waals surface area contributed by atoms with Gasteiger partial charge in [0.05, 0.1) is 6.61 Å². The summed E-state index contributed by atoms with van der Waals surface area (Å²) in [5.74, 6) is 1.00. The van der Waals surface area contributed by atoms with Gasteiger partial charge in [-0.05, 0) is 37.1 Å². The van der Waals surface area contributed by atoms with E-state index in [9.17, 15) is 4.79 Å². The van der Waals surface area contributed by atoms with Crippen LogP contribution >= 0.6 is 0 Å². The summed E-state index contributed by atoms with van der Waals surface area (Å²) >= 11 is 0. The second-order valence-electron chi connectivity index (χ2n) is 7.00. The Hall–Kier alpha value is -2.86. The molecular weight excluding hydrogens is 354 g/mol. The predicted molar refractivity (Wildman–Crippen MR) is 107 cm³/mol. The number of ether oxygens (including phenoxy) is 1. The lowest BCUT2D eigenvalue weighted by Crippen LogP contribution is -2.34. The number of benzene rings is 1. The molecule has 6 heteroatoms. The molecule has 0 spiro atoms. The minimum Gasteiger partial charge on any atom is -0.490 e. The Morgan fingerprint density at radius 1 is 1.18 bits per heavy atom. The summed E-state index contributed by atoms with van der Waals surface area (Å²) in [6.07, 6.45) is 4.63. The minimum atomic E-state index is -0.0538. The molecule has 0 N–H and O–H groups in total. The number of carbonyl (C=O) groups is 1. The van der Waals surface area contributed by atoms with Gasteiger partial charge in [-0.2, -0.15) is 0 Å². The van der Waals surface area contributed by atoms with E-state index in [2.05, 4.69) is 16.0 Å². The van der Waals surface area contributed by atoms with Crippen LogP contribution in [0.1, 0.15) is 29.5 Å². The largest absolute Gasteiger partial charge is 0.490 e. The van der Waals surface area contributed by atoms with Crippen molar-refractivity contribution in [2.24, 2.45) is 0 Å². The number of hydrogen-bond donors (Lipinski definition) is 0. The Balaban J connectivity index is 1.45. The molecule has 28 heavy (non-hydrogen) atoms. The Kier molecular flexibility index (Phi) is 5.58. The fourth-order valence-corrected chi connectivity index (χ4v) is 3.65. The van der Waals surface area contributed by atoms with Crippen molar-refractivity contribution in [3.8, 4) is 5.75 Å². The Bertz CT molecular complexity index is 939. The standard InChI is InChI=1S/C22H25N3O3/c1-2-27-19-8-3-7-18-14-20(28-21(18)19)22(26)25-11-5-10-24(12-13-25)16-17-6-4-9-23-15-17/h3-4,6-9,14-15H,2,5,10-13,16H2,1H3. The molecule has 2 aromatic heterocycles. The molecule has 0 unspecified atom stereocenters. The van der Waals surface area contributed by atoms with E-state index in [1.807, 2.05) is 48.4 Å². The summed E-state index contributed by atoms with van der Waals surface area (Å²) in [5.41, 5.74) is 1.84. The molecule has 0 aliphatic carbocycles. The van der Waals surface area contributed by atoms with Crippen LogP contribution in [0.3, 0.4) is 0 Å². The van der Waals surface area contributed by atoms with Gasteiger partial charge in [0.2, 0.25) is 0 Å². The lowest BCUT2D eigenvalue weighted by molar-refractivity contribution is 0.0731. The highest BCUT2D eigenvalue weighted by Gasteiger charge is 2.23. The number of fused-ring (bicyclic) bond motifs is 1. The quantitative estimate of drug-likeness (QED) is 0.678. The maximum Gasteiger partial charge on any atom is 0.289 e. The third-order valence-corrected chi connectivity index (χ3v) is 5.02. The van der Waals surface area contributed by atoms with Crippen LogP contribution in [0.5, 0.6) is 5.75 Å². The molecule has 1 aromatic carbocycles. The van der Waals surface area contributed by atoms with Crippen molar-refractivity contribution in [2.45, 2.75) is 19.9 Å². The average molecular weight is 379 g/mol. The lowest BCUT2D eigenvalue weighted by atomic mass is 10.2. The molecule has 146 valence electrons. The molecule has 1 aliphatic heterocycles. The Morgan fingerprint density at radius 2 is 2.11 bits per heavy atom. The highest BCUT2D eigenvalue weighted by molar-refractivity contribution is 5.97. The second-order valence-corrected chi connectivity index (χ2v) is 7.00. The molecule has 3 heterocycles. The predicted octanol–water partition coefficient (Wildman–Crippen LogP) is 3.57. The summed E-state index contributed by atoms with van der Waals surface area (Å²) < 4.78 is 11.5. The number of carbonyl (C=O) groups excluding carboxylic acids is 1. The molecule has 1 fully saturated rings. The fraction of sp³-hybridized carbons (Fsp3) is 0.364. The number of para-hydroxylation sites is 1. The minimum absolute atomic E-state index is 0.0538. The van der Waals surface area contributed by atoms with Crippen LogP contribution in [0.15, 0.2) is 53.2 Å². The SMILES string of the molecule is CCOc1cccc2cc(C(=O)N3CCCN(Cc4cccnc4)CC3)oc12. The van der Waals surface area contributed by atoms with Crippen molar-refractivity contribution in [1.82, 2.24) is 14.8 Å². The number of furan rings is 1. The third-order valence-electron chi connectivity index (χ3n) is 5.02. The second kappa shape index (κ2) is 8.44. The van der Waals surface area contributed by atoms with Gasteiger partial charge in [-0.15, -0.1) is 0 Å². The summed E-state index contributed by atoms with van der Waals surface area (Å²) in [5, 5.41) is 0.891. The van der Waals surface area contributed by atoms with Crippen molar-refractivity contribution in [3.63, 3.8) is 0 Å². The maximum absolute atomic E-state index is 13.0. The number of rotatable bonds is 5. The fourth-order valence-electron chi connectivity index (χ4n) is 3.65. The monoisotopic (exact) mass is 379 g/mol. The van der Waals surface area contributed by atoms with Crippen LogP contribution in [0.25, 0.3) is 11.0 Å². The molecule has 1 amide bonds. The van der Waals surface area contributed by atoms with Gasteiger partial charge >= 0.3 is 0 Å². The van der Waals surface area contributed by atoms with Crippen molar-refractivity contribution < 1.29 is 13.9 Å². The molecule has 1 aliphatic rings. The van der Waals surface area contributed by atoms with Crippen LogP contribution in [0, 0.1) is 0 Å². The molecule has 4 rings (SSSR count). The highest BCUT2D eigenvalue weighted by atomic mass is 16.5. The smallest absolute Gasteiger partial charge is 0.289 e. The van der Waals surface area contributed by atoms with Crippen molar-refractivity contribution >= 4 is 16.9 Å². The van der Waals surface area contributed by atoms with Crippen molar-refractivity contribution in [1.29, 1.82) is 0 Å². The third kappa shape index (κ3) is 4.02. The number of aromatic nitrogens is 1. The summed E-state index contributed by atoms with van der Waals surface area (Å²) in [6, 6.07) is 11.6. The van der Waals surface area contributed by atoms with E-state index < -0.39 is 0 Å². The van der Waals surface area contributed by atoms with E-state index >= 15 is 0 Å². The van der Waals surface area contributed by atoms with Gasteiger partial charge < -0.3 is 14.1 Å². The van der Waals surface area contributed by atoms with E-state index in [0.717, 1.165) is 38.0 Å². The molecular formula is C22H25N3O3. The average Bonchev–Trinajstić information content (AvgIpc) is 3.03. The van der Waals surface area contributed by atoms with Gasteiger partial charge in [-0.1, -0.05) is 18.2 Å². The number of pyridine rings is 1. The maximum atomic E-state index is 13.0. The molecule has 3 aromatic rings. The van der Waals surface area contributed by atoms with Crippen LogP contribution in [0.2, 0.25) is 0 Å². The van der Waals surface area contributed by atoms with Crippen LogP contribution in [-0.4, -0.2) is 53.5 Å². The van der Waals surface area contributed by atoms with Gasteiger partial charge in [-0.25, -0.2) is 0 Å². The zero-order valence-corrected chi connectivity index (χ0v) is 16.1. The van der Waals surface area contributed by atoms with E-state index in [0.29, 0.717) is 30.2 Å². The Morgan fingerprint density at radius 3 is 2.93 bits per heavy atom. The first-order chi connectivity index (χ1) is 13.7. The molecule has 1 saturated heterocycles. The summed E-state index contributed by atoms with van der Waals surface area (Å²) in [7, 11) is 0. The van der Waals surface area contributed by atoms with Crippen LogP contribution in [0.4, 0.5) is 0 Å².